The van der Waals surface area contributed by atoms with Crippen LogP contribution in [0.25, 0.3) is 0 Å². The molecule has 0 atom stereocenters. The van der Waals surface area contributed by atoms with E-state index in [1.165, 1.54) is 0 Å². The minimum atomic E-state index is 0.189. The zero-order valence-corrected chi connectivity index (χ0v) is 8.99. The second-order valence-corrected chi connectivity index (χ2v) is 3.89. The molecule has 1 aliphatic heterocycles. The number of amides is 1. The summed E-state index contributed by atoms with van der Waals surface area (Å²) in [4.78, 5) is 15.5. The van der Waals surface area contributed by atoms with Crippen LogP contribution in [0.3, 0.4) is 0 Å². The van der Waals surface area contributed by atoms with E-state index in [0.29, 0.717) is 13.1 Å². The fourth-order valence-electron chi connectivity index (χ4n) is 1.40. The third-order valence-corrected chi connectivity index (χ3v) is 2.19. The SMILES string of the molecule is C=C1C=CCN(C(=O)CN(C)C)CC1. The van der Waals surface area contributed by atoms with Crippen molar-refractivity contribution in [2.24, 2.45) is 0 Å². The van der Waals surface area contributed by atoms with Crippen LogP contribution in [0.1, 0.15) is 6.42 Å². The number of hydrogen-bond acceptors (Lipinski definition) is 2. The summed E-state index contributed by atoms with van der Waals surface area (Å²) < 4.78 is 0. The fraction of sp³-hybridized carbons (Fsp3) is 0.545. The molecule has 3 heteroatoms. The monoisotopic (exact) mass is 194 g/mol. The highest BCUT2D eigenvalue weighted by molar-refractivity contribution is 5.78. The molecule has 78 valence electrons. The van der Waals surface area contributed by atoms with Crippen molar-refractivity contribution in [2.45, 2.75) is 6.42 Å². The van der Waals surface area contributed by atoms with E-state index in [9.17, 15) is 4.79 Å². The van der Waals surface area contributed by atoms with Gasteiger partial charge in [0.1, 0.15) is 0 Å². The molecular formula is C11H18N2O. The van der Waals surface area contributed by atoms with Crippen molar-refractivity contribution < 1.29 is 4.79 Å². The molecule has 1 aliphatic rings. The highest BCUT2D eigenvalue weighted by Crippen LogP contribution is 2.07. The van der Waals surface area contributed by atoms with Gasteiger partial charge in [0.25, 0.3) is 0 Å². The molecule has 0 bridgehead atoms. The molecule has 0 spiro atoms. The summed E-state index contributed by atoms with van der Waals surface area (Å²) in [6, 6.07) is 0. The molecule has 1 rings (SSSR count). The van der Waals surface area contributed by atoms with E-state index in [-0.39, 0.29) is 5.91 Å². The van der Waals surface area contributed by atoms with E-state index < -0.39 is 0 Å². The first-order valence-electron chi connectivity index (χ1n) is 4.86. The van der Waals surface area contributed by atoms with Gasteiger partial charge in [0.05, 0.1) is 6.54 Å². The third-order valence-electron chi connectivity index (χ3n) is 2.19. The zero-order chi connectivity index (χ0) is 10.6. The Kier molecular flexibility index (Phi) is 3.89. The number of hydrogen-bond donors (Lipinski definition) is 0. The Morgan fingerprint density at radius 2 is 2.36 bits per heavy atom. The summed E-state index contributed by atoms with van der Waals surface area (Å²) in [6.07, 6.45) is 4.89. The zero-order valence-electron chi connectivity index (χ0n) is 8.99. The number of rotatable bonds is 2. The summed E-state index contributed by atoms with van der Waals surface area (Å²) >= 11 is 0. The number of likely N-dealkylation sites (N-methyl/N-ethyl adjacent to an activating group) is 1. The summed E-state index contributed by atoms with van der Waals surface area (Å²) in [5.74, 6) is 0.189. The normalized spacial score (nSPS) is 17.4. The Morgan fingerprint density at radius 3 is 3.00 bits per heavy atom. The number of carbonyl (C=O) groups excluding carboxylic acids is 1. The van der Waals surface area contributed by atoms with E-state index in [4.69, 9.17) is 0 Å². The maximum atomic E-state index is 11.7. The smallest absolute Gasteiger partial charge is 0.237 e. The van der Waals surface area contributed by atoms with Gasteiger partial charge in [0, 0.05) is 13.1 Å². The number of carbonyl (C=O) groups is 1. The minimum absolute atomic E-state index is 0.189. The van der Waals surface area contributed by atoms with Gasteiger partial charge >= 0.3 is 0 Å². The summed E-state index contributed by atoms with van der Waals surface area (Å²) in [7, 11) is 3.81. The first kappa shape index (κ1) is 11.0. The second-order valence-electron chi connectivity index (χ2n) is 3.89. The maximum absolute atomic E-state index is 11.7. The molecule has 0 fully saturated rings. The van der Waals surface area contributed by atoms with Crippen molar-refractivity contribution in [3.63, 3.8) is 0 Å². The largest absolute Gasteiger partial charge is 0.338 e. The average molecular weight is 194 g/mol. The molecule has 1 heterocycles. The molecule has 0 unspecified atom stereocenters. The topological polar surface area (TPSA) is 23.6 Å². The van der Waals surface area contributed by atoms with Gasteiger partial charge in [-0.15, -0.1) is 0 Å². The Hall–Kier alpha value is -1.09. The lowest BCUT2D eigenvalue weighted by atomic mass is 10.2. The van der Waals surface area contributed by atoms with Gasteiger partial charge < -0.3 is 9.80 Å². The van der Waals surface area contributed by atoms with E-state index in [2.05, 4.69) is 6.58 Å². The van der Waals surface area contributed by atoms with Crippen molar-refractivity contribution in [1.82, 2.24) is 9.80 Å². The van der Waals surface area contributed by atoms with Crippen molar-refractivity contribution in [3.8, 4) is 0 Å². The first-order chi connectivity index (χ1) is 6.59. The minimum Gasteiger partial charge on any atom is -0.338 e. The molecule has 0 aromatic rings. The Bertz CT molecular complexity index is 256. The molecule has 0 aliphatic carbocycles. The van der Waals surface area contributed by atoms with Gasteiger partial charge in [-0.05, 0) is 20.5 Å². The number of allylic oxidation sites excluding steroid dienone is 1. The van der Waals surface area contributed by atoms with Crippen LogP contribution in [0.5, 0.6) is 0 Å². The average Bonchev–Trinajstić information content (AvgIpc) is 2.28. The van der Waals surface area contributed by atoms with Crippen LogP contribution in [0.15, 0.2) is 24.3 Å². The molecule has 3 nitrogen and oxygen atoms in total. The van der Waals surface area contributed by atoms with E-state index in [1.807, 2.05) is 36.0 Å². The van der Waals surface area contributed by atoms with Gasteiger partial charge in [-0.1, -0.05) is 24.3 Å². The first-order valence-corrected chi connectivity index (χ1v) is 4.86. The fourth-order valence-corrected chi connectivity index (χ4v) is 1.40. The van der Waals surface area contributed by atoms with Gasteiger partial charge in [0.15, 0.2) is 0 Å². The van der Waals surface area contributed by atoms with E-state index in [1.54, 1.807) is 0 Å². The van der Waals surface area contributed by atoms with Crippen molar-refractivity contribution in [1.29, 1.82) is 0 Å². The maximum Gasteiger partial charge on any atom is 0.237 e. The highest BCUT2D eigenvalue weighted by Gasteiger charge is 2.14. The summed E-state index contributed by atoms with van der Waals surface area (Å²) in [6.45, 7) is 5.88. The van der Waals surface area contributed by atoms with Gasteiger partial charge in [0.2, 0.25) is 5.91 Å². The third kappa shape index (κ3) is 3.34. The van der Waals surface area contributed by atoms with Crippen LogP contribution >= 0.6 is 0 Å². The molecule has 0 saturated heterocycles. The standard InChI is InChI=1S/C11H18N2O/c1-10-5-4-7-13(8-6-10)11(14)9-12(2)3/h4-5H,1,6-9H2,2-3H3. The predicted molar refractivity (Wildman–Crippen MR) is 58.0 cm³/mol. The summed E-state index contributed by atoms with van der Waals surface area (Å²) in [5.41, 5.74) is 1.10. The molecule has 0 N–H and O–H groups in total. The quantitative estimate of drug-likeness (QED) is 0.652. The molecule has 0 aromatic heterocycles. The van der Waals surface area contributed by atoms with Gasteiger partial charge in [-0.3, -0.25) is 4.79 Å². The van der Waals surface area contributed by atoms with Gasteiger partial charge in [-0.25, -0.2) is 0 Å². The molecule has 14 heavy (non-hydrogen) atoms. The lowest BCUT2D eigenvalue weighted by Gasteiger charge is -2.21. The van der Waals surface area contributed by atoms with Crippen molar-refractivity contribution in [2.75, 3.05) is 33.7 Å². The molecular weight excluding hydrogens is 176 g/mol. The van der Waals surface area contributed by atoms with E-state index >= 15 is 0 Å². The van der Waals surface area contributed by atoms with Crippen LogP contribution < -0.4 is 0 Å². The van der Waals surface area contributed by atoms with Crippen LogP contribution in [0.2, 0.25) is 0 Å². The molecule has 1 amide bonds. The molecule has 0 radical (unpaired) electrons. The lowest BCUT2D eigenvalue weighted by molar-refractivity contribution is -0.131. The Balaban J connectivity index is 2.48. The molecule has 0 aromatic carbocycles. The molecule has 0 saturated carbocycles. The van der Waals surface area contributed by atoms with Crippen molar-refractivity contribution in [3.05, 3.63) is 24.3 Å². The van der Waals surface area contributed by atoms with Crippen LogP contribution in [-0.2, 0) is 4.79 Å². The van der Waals surface area contributed by atoms with Crippen molar-refractivity contribution >= 4 is 5.91 Å². The summed E-state index contributed by atoms with van der Waals surface area (Å²) in [5, 5.41) is 0. The van der Waals surface area contributed by atoms with Crippen LogP contribution in [0, 0.1) is 0 Å². The Morgan fingerprint density at radius 1 is 1.64 bits per heavy atom. The highest BCUT2D eigenvalue weighted by atomic mass is 16.2. The second kappa shape index (κ2) is 4.96. The van der Waals surface area contributed by atoms with E-state index in [0.717, 1.165) is 18.5 Å². The predicted octanol–water partition coefficient (Wildman–Crippen LogP) is 0.893. The van der Waals surface area contributed by atoms with Gasteiger partial charge in [-0.2, -0.15) is 0 Å². The number of nitrogens with zero attached hydrogens (tertiary/aromatic N) is 2. The van der Waals surface area contributed by atoms with Crippen LogP contribution in [-0.4, -0.2) is 49.4 Å². The van der Waals surface area contributed by atoms with Crippen LogP contribution in [0.4, 0.5) is 0 Å². The lowest BCUT2D eigenvalue weighted by Crippen LogP contribution is -2.38. The Labute approximate surface area is 85.7 Å².